The molecule has 15 heavy (non-hydrogen) atoms. The fraction of sp³-hybridized carbons (Fsp3) is 0.583. The second-order valence-electron chi connectivity index (χ2n) is 4.07. The average molecular weight is 205 g/mol. The third-order valence-corrected chi connectivity index (χ3v) is 3.21. The molecule has 1 aliphatic heterocycles. The van der Waals surface area contributed by atoms with Crippen molar-refractivity contribution < 1.29 is 0 Å². The molecule has 0 amide bonds. The zero-order valence-electron chi connectivity index (χ0n) is 9.48. The Morgan fingerprint density at radius 3 is 2.80 bits per heavy atom. The van der Waals surface area contributed by atoms with Crippen molar-refractivity contribution in [2.75, 3.05) is 19.6 Å². The van der Waals surface area contributed by atoms with Crippen LogP contribution >= 0.6 is 0 Å². The monoisotopic (exact) mass is 205 g/mol. The van der Waals surface area contributed by atoms with Gasteiger partial charge in [0.15, 0.2) is 0 Å². The Morgan fingerprint density at radius 2 is 2.33 bits per heavy atom. The highest BCUT2D eigenvalue weighted by Gasteiger charge is 2.27. The van der Waals surface area contributed by atoms with E-state index in [-0.39, 0.29) is 0 Å². The maximum atomic E-state index is 4.43. The molecule has 82 valence electrons. The predicted octanol–water partition coefficient (Wildman–Crippen LogP) is 1.44. The molecule has 0 spiro atoms. The van der Waals surface area contributed by atoms with Gasteiger partial charge < -0.3 is 5.32 Å². The standard InChI is InChI=1S/C12H19N3/c1-3-15(11-8-13-9-11)10(2)12-6-4-5-7-14-12/h4-7,10-11,13H,3,8-9H2,1-2H3. The van der Waals surface area contributed by atoms with Crippen molar-refractivity contribution in [3.8, 4) is 0 Å². The van der Waals surface area contributed by atoms with Crippen LogP contribution in [0.25, 0.3) is 0 Å². The van der Waals surface area contributed by atoms with E-state index in [0.29, 0.717) is 12.1 Å². The molecule has 0 saturated carbocycles. The van der Waals surface area contributed by atoms with Gasteiger partial charge in [-0.3, -0.25) is 9.88 Å². The highest BCUT2D eigenvalue weighted by molar-refractivity contribution is 5.09. The topological polar surface area (TPSA) is 28.2 Å². The second-order valence-corrected chi connectivity index (χ2v) is 4.07. The number of hydrogen-bond acceptors (Lipinski definition) is 3. The molecule has 1 aromatic rings. The lowest BCUT2D eigenvalue weighted by Gasteiger charge is -2.41. The molecule has 0 aliphatic carbocycles. The summed E-state index contributed by atoms with van der Waals surface area (Å²) < 4.78 is 0. The van der Waals surface area contributed by atoms with Crippen LogP contribution in [0, 0.1) is 0 Å². The van der Waals surface area contributed by atoms with Gasteiger partial charge in [0.25, 0.3) is 0 Å². The molecule has 2 rings (SSSR count). The molecule has 0 aromatic carbocycles. The van der Waals surface area contributed by atoms with Gasteiger partial charge in [-0.15, -0.1) is 0 Å². The summed E-state index contributed by atoms with van der Waals surface area (Å²) in [6, 6.07) is 7.25. The van der Waals surface area contributed by atoms with E-state index in [0.717, 1.165) is 19.6 Å². The van der Waals surface area contributed by atoms with Crippen LogP contribution in [0.5, 0.6) is 0 Å². The van der Waals surface area contributed by atoms with E-state index in [1.165, 1.54) is 5.69 Å². The first-order valence-electron chi connectivity index (χ1n) is 5.70. The summed E-state index contributed by atoms with van der Waals surface area (Å²) in [6.07, 6.45) is 1.87. The van der Waals surface area contributed by atoms with Crippen molar-refractivity contribution in [2.45, 2.75) is 25.9 Å². The van der Waals surface area contributed by atoms with Crippen LogP contribution < -0.4 is 5.32 Å². The van der Waals surface area contributed by atoms with Crippen LogP contribution in [0.3, 0.4) is 0 Å². The Balaban J connectivity index is 2.07. The van der Waals surface area contributed by atoms with Gasteiger partial charge in [-0.1, -0.05) is 13.0 Å². The number of nitrogens with zero attached hydrogens (tertiary/aromatic N) is 2. The fourth-order valence-corrected chi connectivity index (χ4v) is 2.15. The van der Waals surface area contributed by atoms with Gasteiger partial charge in [0.2, 0.25) is 0 Å². The Bertz CT molecular complexity index is 295. The maximum Gasteiger partial charge on any atom is 0.0572 e. The first-order chi connectivity index (χ1) is 7.33. The molecule has 2 heterocycles. The molecule has 1 unspecified atom stereocenters. The molecule has 3 nitrogen and oxygen atoms in total. The van der Waals surface area contributed by atoms with Crippen molar-refractivity contribution in [2.24, 2.45) is 0 Å². The van der Waals surface area contributed by atoms with Crippen LogP contribution in [-0.4, -0.2) is 35.6 Å². The van der Waals surface area contributed by atoms with Crippen molar-refractivity contribution in [1.29, 1.82) is 0 Å². The quantitative estimate of drug-likeness (QED) is 0.806. The van der Waals surface area contributed by atoms with Crippen LogP contribution in [0.15, 0.2) is 24.4 Å². The van der Waals surface area contributed by atoms with Gasteiger partial charge >= 0.3 is 0 Å². The van der Waals surface area contributed by atoms with E-state index in [1.54, 1.807) is 0 Å². The predicted molar refractivity (Wildman–Crippen MR) is 61.7 cm³/mol. The Kier molecular flexibility index (Phi) is 3.34. The first-order valence-corrected chi connectivity index (χ1v) is 5.70. The Labute approximate surface area is 91.5 Å². The van der Waals surface area contributed by atoms with E-state index < -0.39 is 0 Å². The van der Waals surface area contributed by atoms with E-state index in [4.69, 9.17) is 0 Å². The summed E-state index contributed by atoms with van der Waals surface area (Å²) >= 11 is 0. The minimum absolute atomic E-state index is 0.420. The lowest BCUT2D eigenvalue weighted by molar-refractivity contribution is 0.107. The van der Waals surface area contributed by atoms with E-state index >= 15 is 0 Å². The summed E-state index contributed by atoms with van der Waals surface area (Å²) in [5.41, 5.74) is 1.17. The molecule has 1 aromatic heterocycles. The van der Waals surface area contributed by atoms with E-state index in [2.05, 4.69) is 41.2 Å². The zero-order chi connectivity index (χ0) is 10.7. The number of hydrogen-bond donors (Lipinski definition) is 1. The van der Waals surface area contributed by atoms with Gasteiger partial charge in [-0.25, -0.2) is 0 Å². The van der Waals surface area contributed by atoms with Gasteiger partial charge in [0.1, 0.15) is 0 Å². The molecule has 1 aliphatic rings. The summed E-state index contributed by atoms with van der Waals surface area (Å²) in [4.78, 5) is 6.94. The zero-order valence-corrected chi connectivity index (χ0v) is 9.48. The van der Waals surface area contributed by atoms with Crippen molar-refractivity contribution in [3.63, 3.8) is 0 Å². The highest BCUT2D eigenvalue weighted by Crippen LogP contribution is 2.21. The first kappa shape index (κ1) is 10.6. The van der Waals surface area contributed by atoms with E-state index in [9.17, 15) is 0 Å². The van der Waals surface area contributed by atoms with Crippen LogP contribution in [0.4, 0.5) is 0 Å². The largest absolute Gasteiger partial charge is 0.314 e. The summed E-state index contributed by atoms with van der Waals surface area (Å²) in [7, 11) is 0. The third-order valence-electron chi connectivity index (χ3n) is 3.21. The fourth-order valence-electron chi connectivity index (χ4n) is 2.15. The molecule has 0 bridgehead atoms. The number of aromatic nitrogens is 1. The molecule has 0 radical (unpaired) electrons. The Hall–Kier alpha value is -0.930. The molecule has 1 fully saturated rings. The van der Waals surface area contributed by atoms with Gasteiger partial charge in [0, 0.05) is 31.4 Å². The second kappa shape index (κ2) is 4.73. The lowest BCUT2D eigenvalue weighted by atomic mass is 10.1. The van der Waals surface area contributed by atoms with Crippen molar-refractivity contribution in [3.05, 3.63) is 30.1 Å². The SMILES string of the molecule is CCN(C1CNC1)C(C)c1ccccn1. The minimum atomic E-state index is 0.420. The molecular weight excluding hydrogens is 186 g/mol. The van der Waals surface area contributed by atoms with Crippen molar-refractivity contribution in [1.82, 2.24) is 15.2 Å². The maximum absolute atomic E-state index is 4.43. The molecule has 1 N–H and O–H groups in total. The molecule has 1 atom stereocenters. The number of pyridine rings is 1. The minimum Gasteiger partial charge on any atom is -0.314 e. The molecular formula is C12H19N3. The summed E-state index contributed by atoms with van der Waals surface area (Å²) in [6.45, 7) is 7.78. The van der Waals surface area contributed by atoms with Crippen LogP contribution in [0.1, 0.15) is 25.6 Å². The number of likely N-dealkylation sites (N-methyl/N-ethyl adjacent to an activating group) is 1. The Morgan fingerprint density at radius 1 is 1.53 bits per heavy atom. The normalized spacial score (nSPS) is 18.9. The molecule has 1 saturated heterocycles. The summed E-state index contributed by atoms with van der Waals surface area (Å²) in [5, 5.41) is 3.32. The van der Waals surface area contributed by atoms with Crippen LogP contribution in [0.2, 0.25) is 0 Å². The van der Waals surface area contributed by atoms with Gasteiger partial charge in [0.05, 0.1) is 5.69 Å². The molecule has 3 heteroatoms. The van der Waals surface area contributed by atoms with Gasteiger partial charge in [-0.2, -0.15) is 0 Å². The number of rotatable bonds is 4. The van der Waals surface area contributed by atoms with Crippen LogP contribution in [-0.2, 0) is 0 Å². The summed E-state index contributed by atoms with van der Waals surface area (Å²) in [5.74, 6) is 0. The number of nitrogens with one attached hydrogen (secondary N) is 1. The highest BCUT2D eigenvalue weighted by atomic mass is 15.3. The van der Waals surface area contributed by atoms with E-state index in [1.807, 2.05) is 12.3 Å². The van der Waals surface area contributed by atoms with Gasteiger partial charge in [-0.05, 0) is 25.6 Å². The lowest BCUT2D eigenvalue weighted by Crippen LogP contribution is -2.57. The smallest absolute Gasteiger partial charge is 0.0572 e. The van der Waals surface area contributed by atoms with Crippen molar-refractivity contribution >= 4 is 0 Å². The average Bonchev–Trinajstić information content (AvgIpc) is 2.23. The third kappa shape index (κ3) is 2.19.